The van der Waals surface area contributed by atoms with Gasteiger partial charge in [-0.25, -0.2) is 24.9 Å². The van der Waals surface area contributed by atoms with Crippen molar-refractivity contribution in [1.29, 1.82) is 0 Å². The molecule has 8 aromatic carbocycles. The molecule has 0 N–H and O–H groups in total. The van der Waals surface area contributed by atoms with Gasteiger partial charge in [-0.05, 0) is 40.5 Å². The third-order valence-electron chi connectivity index (χ3n) is 12.0. The predicted octanol–water partition coefficient (Wildman–Crippen LogP) is 13.1. The van der Waals surface area contributed by atoms with Gasteiger partial charge in [0.05, 0.1) is 16.8 Å². The predicted molar refractivity (Wildman–Crippen MR) is 245 cm³/mol. The van der Waals surface area contributed by atoms with E-state index in [1.54, 1.807) is 0 Å². The van der Waals surface area contributed by atoms with Crippen LogP contribution in [0, 0.1) is 0 Å². The minimum atomic E-state index is -0.827. The Labute approximate surface area is 359 Å². The van der Waals surface area contributed by atoms with Crippen molar-refractivity contribution in [3.05, 3.63) is 235 Å². The van der Waals surface area contributed by atoms with Crippen LogP contribution in [-0.2, 0) is 5.41 Å². The van der Waals surface area contributed by atoms with E-state index in [1.165, 1.54) is 0 Å². The maximum atomic E-state index is 6.78. The molecule has 0 bridgehead atoms. The summed E-state index contributed by atoms with van der Waals surface area (Å²) in [6.45, 7) is 0. The Kier molecular flexibility index (Phi) is 8.28. The van der Waals surface area contributed by atoms with E-state index in [-0.39, 0.29) is 0 Å². The molecule has 62 heavy (non-hydrogen) atoms. The Hall–Kier alpha value is -8.35. The van der Waals surface area contributed by atoms with Crippen molar-refractivity contribution in [3.8, 4) is 90.7 Å². The topological polar surface area (TPSA) is 73.7 Å². The van der Waals surface area contributed by atoms with Crippen LogP contribution in [0.5, 0.6) is 11.5 Å². The molecule has 10 aromatic rings. The van der Waals surface area contributed by atoms with E-state index in [1.807, 2.05) is 97.1 Å². The summed E-state index contributed by atoms with van der Waals surface area (Å²) in [6.07, 6.45) is 0. The number of para-hydroxylation sites is 2. The first kappa shape index (κ1) is 35.6. The van der Waals surface area contributed by atoms with Crippen molar-refractivity contribution in [2.24, 2.45) is 0 Å². The van der Waals surface area contributed by atoms with Crippen LogP contribution in [0.25, 0.3) is 79.2 Å². The minimum absolute atomic E-state index is 0.588. The largest absolute Gasteiger partial charge is 0.457 e. The molecule has 6 heteroatoms. The lowest BCUT2D eigenvalue weighted by Crippen LogP contribution is -2.32. The molecule has 0 unspecified atom stereocenters. The van der Waals surface area contributed by atoms with Crippen LogP contribution < -0.4 is 4.74 Å². The molecule has 0 radical (unpaired) electrons. The monoisotopic (exact) mass is 793 g/mol. The van der Waals surface area contributed by atoms with E-state index in [0.717, 1.165) is 89.6 Å². The Morgan fingerprint density at radius 2 is 0.726 bits per heavy atom. The van der Waals surface area contributed by atoms with E-state index in [9.17, 15) is 0 Å². The molecule has 1 spiro atoms. The standard InChI is InChI=1S/C56H35N5O/c1-5-19-36(20-6-1)46-35-47(58-52(57-46)37-21-7-2-8-22-37)40-27-18-32-45-50(40)41-28-17-29-42(51(41)56(45)43-30-13-15-33-48(43)62-49-34-16-14-31-44(49)56)55-60-53(38-23-9-3-10-24-38)59-54(61-55)39-25-11-4-12-26-39/h1-35H. The molecule has 0 amide bonds. The summed E-state index contributed by atoms with van der Waals surface area (Å²) < 4.78 is 6.78. The van der Waals surface area contributed by atoms with Gasteiger partial charge >= 0.3 is 0 Å². The number of nitrogens with zero attached hydrogens (tertiary/aromatic N) is 5. The van der Waals surface area contributed by atoms with Crippen LogP contribution in [0.4, 0.5) is 0 Å². The second kappa shape index (κ2) is 14.4. The van der Waals surface area contributed by atoms with Crippen LogP contribution in [-0.4, -0.2) is 24.9 Å². The Morgan fingerprint density at radius 3 is 1.31 bits per heavy atom. The zero-order chi connectivity index (χ0) is 41.0. The van der Waals surface area contributed by atoms with Crippen LogP contribution in [0.15, 0.2) is 212 Å². The van der Waals surface area contributed by atoms with E-state index >= 15 is 0 Å². The van der Waals surface area contributed by atoms with E-state index in [2.05, 4.69) is 115 Å². The van der Waals surface area contributed by atoms with Crippen LogP contribution in [0.1, 0.15) is 22.3 Å². The van der Waals surface area contributed by atoms with Crippen molar-refractivity contribution in [2.75, 3.05) is 0 Å². The van der Waals surface area contributed by atoms with Gasteiger partial charge in [-0.3, -0.25) is 0 Å². The third kappa shape index (κ3) is 5.61. The molecule has 1 aliphatic carbocycles. The molecule has 2 aliphatic rings. The van der Waals surface area contributed by atoms with Gasteiger partial charge < -0.3 is 4.74 Å². The summed E-state index contributed by atoms with van der Waals surface area (Å²) in [6, 6.07) is 73.0. The van der Waals surface area contributed by atoms with Gasteiger partial charge in [-0.1, -0.05) is 194 Å². The molecule has 0 atom stereocenters. The maximum absolute atomic E-state index is 6.78. The lowest BCUT2D eigenvalue weighted by molar-refractivity contribution is 0.436. The molecule has 12 rings (SSSR count). The zero-order valence-electron chi connectivity index (χ0n) is 33.4. The summed E-state index contributed by atoms with van der Waals surface area (Å²) in [5.74, 6) is 4.06. The zero-order valence-corrected chi connectivity index (χ0v) is 33.4. The molecule has 290 valence electrons. The SMILES string of the molecule is c1ccc(-c2cc(-c3cccc4c3-c3cccc(-c5nc(-c6ccccc6)nc(-c6ccccc6)n5)c3C43c4ccccc4Oc4ccccc43)nc(-c3ccccc3)n2)cc1. The van der Waals surface area contributed by atoms with Crippen LogP contribution >= 0.6 is 0 Å². The van der Waals surface area contributed by atoms with Gasteiger partial charge in [0.1, 0.15) is 11.5 Å². The summed E-state index contributed by atoms with van der Waals surface area (Å²) >= 11 is 0. The first-order valence-electron chi connectivity index (χ1n) is 20.8. The van der Waals surface area contributed by atoms with Crippen LogP contribution in [0.2, 0.25) is 0 Å². The van der Waals surface area contributed by atoms with Crippen molar-refractivity contribution in [2.45, 2.75) is 5.41 Å². The Morgan fingerprint density at radius 1 is 0.306 bits per heavy atom. The van der Waals surface area contributed by atoms with Gasteiger partial charge in [0.25, 0.3) is 0 Å². The average molecular weight is 794 g/mol. The van der Waals surface area contributed by atoms with Crippen molar-refractivity contribution in [3.63, 3.8) is 0 Å². The molecule has 2 aromatic heterocycles. The second-order valence-corrected chi connectivity index (χ2v) is 15.5. The number of rotatable bonds is 6. The highest BCUT2D eigenvalue weighted by Crippen LogP contribution is 2.65. The number of ether oxygens (including phenoxy) is 1. The van der Waals surface area contributed by atoms with Crippen molar-refractivity contribution >= 4 is 0 Å². The second-order valence-electron chi connectivity index (χ2n) is 15.5. The molecule has 3 heterocycles. The highest BCUT2D eigenvalue weighted by Gasteiger charge is 2.53. The number of benzene rings is 8. The molecule has 0 fully saturated rings. The highest BCUT2D eigenvalue weighted by molar-refractivity contribution is 5.99. The molecule has 0 saturated carbocycles. The third-order valence-corrected chi connectivity index (χ3v) is 12.0. The molecular weight excluding hydrogens is 759 g/mol. The fourth-order valence-electron chi connectivity index (χ4n) is 9.40. The van der Waals surface area contributed by atoms with Crippen molar-refractivity contribution < 1.29 is 4.74 Å². The molecule has 6 nitrogen and oxygen atoms in total. The number of hydrogen-bond donors (Lipinski definition) is 0. The van der Waals surface area contributed by atoms with Gasteiger partial charge in [-0.15, -0.1) is 0 Å². The smallest absolute Gasteiger partial charge is 0.164 e. The summed E-state index contributed by atoms with van der Waals surface area (Å²) in [7, 11) is 0. The fraction of sp³-hybridized carbons (Fsp3) is 0.0179. The summed E-state index contributed by atoms with van der Waals surface area (Å²) in [4.78, 5) is 26.2. The number of hydrogen-bond acceptors (Lipinski definition) is 6. The van der Waals surface area contributed by atoms with Crippen LogP contribution in [0.3, 0.4) is 0 Å². The molecular formula is C56H35N5O. The van der Waals surface area contributed by atoms with E-state index in [0.29, 0.717) is 23.3 Å². The number of aromatic nitrogens is 5. The first-order valence-corrected chi connectivity index (χ1v) is 20.8. The Bertz CT molecular complexity index is 3160. The molecule has 0 saturated heterocycles. The fourth-order valence-corrected chi connectivity index (χ4v) is 9.40. The van der Waals surface area contributed by atoms with Crippen molar-refractivity contribution in [1.82, 2.24) is 24.9 Å². The summed E-state index contributed by atoms with van der Waals surface area (Å²) in [5.41, 5.74) is 13.0. The lowest BCUT2D eigenvalue weighted by Gasteiger charge is -2.40. The van der Waals surface area contributed by atoms with Gasteiger partial charge in [0.2, 0.25) is 0 Å². The van der Waals surface area contributed by atoms with Gasteiger partial charge in [-0.2, -0.15) is 0 Å². The highest BCUT2D eigenvalue weighted by atomic mass is 16.5. The molecule has 1 aliphatic heterocycles. The lowest BCUT2D eigenvalue weighted by atomic mass is 9.65. The number of fused-ring (bicyclic) bond motifs is 9. The quantitative estimate of drug-likeness (QED) is 0.167. The summed E-state index contributed by atoms with van der Waals surface area (Å²) in [5, 5.41) is 0. The average Bonchev–Trinajstić information content (AvgIpc) is 3.66. The van der Waals surface area contributed by atoms with E-state index < -0.39 is 5.41 Å². The maximum Gasteiger partial charge on any atom is 0.164 e. The van der Waals surface area contributed by atoms with Gasteiger partial charge in [0, 0.05) is 44.5 Å². The Balaban J connectivity index is 1.20. The normalized spacial score (nSPS) is 12.8. The minimum Gasteiger partial charge on any atom is -0.457 e. The van der Waals surface area contributed by atoms with Gasteiger partial charge in [0.15, 0.2) is 23.3 Å². The first-order chi connectivity index (χ1) is 30.7. The van der Waals surface area contributed by atoms with E-state index in [4.69, 9.17) is 29.7 Å².